The number of imidazole rings is 1. The molecule has 2 heterocycles. The van der Waals surface area contributed by atoms with E-state index in [2.05, 4.69) is 69.9 Å². The molecule has 0 atom stereocenters. The van der Waals surface area contributed by atoms with Gasteiger partial charge in [0, 0.05) is 25.9 Å². The second-order valence-corrected chi connectivity index (χ2v) is 9.11. The number of nitrogens with two attached hydrogens (primary N) is 1. The van der Waals surface area contributed by atoms with Crippen LogP contribution in [0.5, 0.6) is 0 Å². The van der Waals surface area contributed by atoms with Crippen LogP contribution in [-0.4, -0.2) is 39.3 Å². The topological polar surface area (TPSA) is 76.5 Å². The van der Waals surface area contributed by atoms with E-state index in [4.69, 9.17) is 10.7 Å². The Labute approximate surface area is 190 Å². The number of aliphatic hydroxyl groups excluding tert-OH is 1. The number of aromatic nitrogens is 2. The summed E-state index contributed by atoms with van der Waals surface area (Å²) < 4.78 is 2.30. The molecule has 0 amide bonds. The maximum atomic E-state index is 10.2. The average molecular weight is 435 g/mol. The largest absolute Gasteiger partial charge is 0.396 e. The standard InChI is InChI=1S/C26H34N4O2/c1-21-28-16-25(30(21)17-23-7-9-24(10-8-23)19-32-27)18-29-13-11-26(20-31,12-14-29)15-22-5-3-2-4-6-22/h2-10,16,31H,11-15,17-20,27H2,1H3. The minimum Gasteiger partial charge on any atom is -0.396 e. The zero-order valence-electron chi connectivity index (χ0n) is 18.9. The SMILES string of the molecule is Cc1ncc(CN2CCC(CO)(Cc3ccccc3)CC2)n1Cc1ccc(CON)cc1. The predicted octanol–water partition coefficient (Wildman–Crippen LogP) is 3.45. The first kappa shape index (κ1) is 22.7. The molecule has 3 N–H and O–H groups in total. The molecule has 2 aromatic carbocycles. The lowest BCUT2D eigenvalue weighted by atomic mass is 9.74. The van der Waals surface area contributed by atoms with Gasteiger partial charge >= 0.3 is 0 Å². The van der Waals surface area contributed by atoms with Gasteiger partial charge in [-0.3, -0.25) is 9.74 Å². The summed E-state index contributed by atoms with van der Waals surface area (Å²) in [6.45, 7) is 6.39. The van der Waals surface area contributed by atoms with Gasteiger partial charge in [0.15, 0.2) is 0 Å². The molecule has 6 heteroatoms. The van der Waals surface area contributed by atoms with E-state index < -0.39 is 0 Å². The van der Waals surface area contributed by atoms with Gasteiger partial charge in [-0.25, -0.2) is 10.9 Å². The van der Waals surface area contributed by atoms with Crippen molar-refractivity contribution in [3.63, 3.8) is 0 Å². The van der Waals surface area contributed by atoms with Crippen molar-refractivity contribution in [2.75, 3.05) is 19.7 Å². The van der Waals surface area contributed by atoms with Crippen molar-refractivity contribution in [1.82, 2.24) is 14.5 Å². The van der Waals surface area contributed by atoms with Gasteiger partial charge in [0.05, 0.1) is 12.3 Å². The van der Waals surface area contributed by atoms with Crippen LogP contribution in [0.2, 0.25) is 0 Å². The molecule has 4 rings (SSSR count). The van der Waals surface area contributed by atoms with E-state index >= 15 is 0 Å². The normalized spacial score (nSPS) is 16.3. The minimum absolute atomic E-state index is 0.0109. The Balaban J connectivity index is 1.38. The van der Waals surface area contributed by atoms with Crippen LogP contribution in [-0.2, 0) is 31.0 Å². The van der Waals surface area contributed by atoms with E-state index in [1.165, 1.54) is 16.8 Å². The van der Waals surface area contributed by atoms with Crippen LogP contribution in [0.3, 0.4) is 0 Å². The molecular formula is C26H34N4O2. The molecule has 1 aromatic heterocycles. The molecule has 1 aliphatic heterocycles. The monoisotopic (exact) mass is 434 g/mol. The van der Waals surface area contributed by atoms with Gasteiger partial charge in [-0.05, 0) is 61.4 Å². The molecule has 6 nitrogen and oxygen atoms in total. The van der Waals surface area contributed by atoms with Crippen molar-refractivity contribution in [2.24, 2.45) is 11.3 Å². The quantitative estimate of drug-likeness (QED) is 0.505. The first-order chi connectivity index (χ1) is 15.6. The first-order valence-corrected chi connectivity index (χ1v) is 11.4. The molecule has 0 radical (unpaired) electrons. The fourth-order valence-electron chi connectivity index (χ4n) is 4.71. The summed E-state index contributed by atoms with van der Waals surface area (Å²) >= 11 is 0. The lowest BCUT2D eigenvalue weighted by Gasteiger charge is -2.41. The number of piperidine rings is 1. The van der Waals surface area contributed by atoms with Crippen LogP contribution in [0.25, 0.3) is 0 Å². The summed E-state index contributed by atoms with van der Waals surface area (Å²) in [6.07, 6.45) is 4.97. The molecule has 0 saturated carbocycles. The summed E-state index contributed by atoms with van der Waals surface area (Å²) in [5.41, 5.74) is 4.83. The Bertz CT molecular complexity index is 977. The summed E-state index contributed by atoms with van der Waals surface area (Å²) in [5, 5.41) is 10.2. The lowest BCUT2D eigenvalue weighted by Crippen LogP contribution is -2.43. The smallest absolute Gasteiger partial charge is 0.106 e. The van der Waals surface area contributed by atoms with Crippen LogP contribution in [0, 0.1) is 12.3 Å². The Morgan fingerprint density at radius 1 is 0.969 bits per heavy atom. The van der Waals surface area contributed by atoms with Crippen LogP contribution >= 0.6 is 0 Å². The molecule has 0 bridgehead atoms. The Kier molecular flexibility index (Phi) is 7.37. The third-order valence-electron chi connectivity index (χ3n) is 6.81. The highest BCUT2D eigenvalue weighted by Crippen LogP contribution is 2.35. The highest BCUT2D eigenvalue weighted by atomic mass is 16.6. The van der Waals surface area contributed by atoms with Gasteiger partial charge in [0.1, 0.15) is 5.82 Å². The van der Waals surface area contributed by atoms with Crippen molar-refractivity contribution < 1.29 is 9.94 Å². The molecule has 3 aromatic rings. The van der Waals surface area contributed by atoms with Crippen LogP contribution in [0.1, 0.15) is 41.1 Å². The Morgan fingerprint density at radius 2 is 1.66 bits per heavy atom. The van der Waals surface area contributed by atoms with E-state index in [1.807, 2.05) is 12.3 Å². The van der Waals surface area contributed by atoms with Gasteiger partial charge in [0.2, 0.25) is 0 Å². The molecule has 0 aliphatic carbocycles. The first-order valence-electron chi connectivity index (χ1n) is 11.4. The zero-order chi connectivity index (χ0) is 22.4. The van der Waals surface area contributed by atoms with Crippen LogP contribution in [0.15, 0.2) is 60.8 Å². The number of hydrogen-bond acceptors (Lipinski definition) is 5. The molecule has 1 saturated heterocycles. The second kappa shape index (κ2) is 10.4. The van der Waals surface area contributed by atoms with Crippen molar-refractivity contribution >= 4 is 0 Å². The minimum atomic E-state index is -0.0109. The number of hydrogen-bond donors (Lipinski definition) is 2. The molecule has 1 fully saturated rings. The van der Waals surface area contributed by atoms with Crippen molar-refractivity contribution in [3.8, 4) is 0 Å². The maximum Gasteiger partial charge on any atom is 0.106 e. The summed E-state index contributed by atoms with van der Waals surface area (Å²) in [6, 6.07) is 18.9. The summed E-state index contributed by atoms with van der Waals surface area (Å²) in [7, 11) is 0. The molecular weight excluding hydrogens is 400 g/mol. The molecule has 32 heavy (non-hydrogen) atoms. The molecule has 0 spiro atoms. The number of aliphatic hydroxyl groups is 1. The van der Waals surface area contributed by atoms with Crippen LogP contribution in [0.4, 0.5) is 0 Å². The Morgan fingerprint density at radius 3 is 2.31 bits per heavy atom. The highest BCUT2D eigenvalue weighted by molar-refractivity contribution is 5.23. The van der Waals surface area contributed by atoms with Crippen molar-refractivity contribution in [2.45, 2.75) is 45.9 Å². The average Bonchev–Trinajstić information content (AvgIpc) is 3.16. The van der Waals surface area contributed by atoms with Gasteiger partial charge in [-0.2, -0.15) is 0 Å². The fourth-order valence-corrected chi connectivity index (χ4v) is 4.71. The summed E-state index contributed by atoms with van der Waals surface area (Å²) in [4.78, 5) is 11.8. The van der Waals surface area contributed by atoms with E-state index in [0.717, 1.165) is 56.8 Å². The number of rotatable bonds is 9. The number of benzene rings is 2. The molecule has 170 valence electrons. The van der Waals surface area contributed by atoms with Crippen molar-refractivity contribution in [3.05, 3.63) is 89.0 Å². The third kappa shape index (κ3) is 5.45. The van der Waals surface area contributed by atoms with E-state index in [1.54, 1.807) is 0 Å². The predicted molar refractivity (Wildman–Crippen MR) is 126 cm³/mol. The van der Waals surface area contributed by atoms with Crippen LogP contribution < -0.4 is 5.90 Å². The van der Waals surface area contributed by atoms with Gasteiger partial charge < -0.3 is 9.67 Å². The van der Waals surface area contributed by atoms with Crippen molar-refractivity contribution in [1.29, 1.82) is 0 Å². The number of nitrogens with zero attached hydrogens (tertiary/aromatic N) is 3. The maximum absolute atomic E-state index is 10.2. The van der Waals surface area contributed by atoms with Gasteiger partial charge in [-0.15, -0.1) is 0 Å². The second-order valence-electron chi connectivity index (χ2n) is 9.11. The summed E-state index contributed by atoms with van der Waals surface area (Å²) in [5.74, 6) is 6.20. The highest BCUT2D eigenvalue weighted by Gasteiger charge is 2.34. The zero-order valence-corrected chi connectivity index (χ0v) is 18.9. The Hall–Kier alpha value is -2.51. The molecule has 0 unspecified atom stereocenters. The van der Waals surface area contributed by atoms with E-state index in [-0.39, 0.29) is 12.0 Å². The molecule has 1 aliphatic rings. The van der Waals surface area contributed by atoms with E-state index in [0.29, 0.717) is 6.61 Å². The number of likely N-dealkylation sites (tertiary alicyclic amines) is 1. The third-order valence-corrected chi connectivity index (χ3v) is 6.81. The lowest BCUT2D eigenvalue weighted by molar-refractivity contribution is 0.0406. The number of aryl methyl sites for hydroxylation is 1. The van der Waals surface area contributed by atoms with Gasteiger partial charge in [-0.1, -0.05) is 54.6 Å². The fraction of sp³-hybridized carbons (Fsp3) is 0.423. The van der Waals surface area contributed by atoms with E-state index in [9.17, 15) is 5.11 Å². The van der Waals surface area contributed by atoms with Gasteiger partial charge in [0.25, 0.3) is 0 Å².